The molecule has 1 unspecified atom stereocenters. The van der Waals surface area contributed by atoms with Gasteiger partial charge in [-0.1, -0.05) is 12.1 Å². The number of ether oxygens (including phenoxy) is 2. The van der Waals surface area contributed by atoms with Gasteiger partial charge in [0.15, 0.2) is 11.5 Å². The number of oxazole rings is 1. The average molecular weight is 288 g/mol. The summed E-state index contributed by atoms with van der Waals surface area (Å²) in [5, 5.41) is 3.41. The van der Waals surface area contributed by atoms with Crippen LogP contribution < -0.4 is 14.8 Å². The Bertz CT molecular complexity index is 609. The quantitative estimate of drug-likeness (QED) is 0.937. The van der Waals surface area contributed by atoms with Crippen molar-refractivity contribution in [2.45, 2.75) is 32.9 Å². The molecule has 0 amide bonds. The third-order valence-corrected chi connectivity index (χ3v) is 3.46. The largest absolute Gasteiger partial charge is 0.490 e. The summed E-state index contributed by atoms with van der Waals surface area (Å²) in [5.41, 5.74) is 1.09. The number of aromatic nitrogens is 1. The lowest BCUT2D eigenvalue weighted by molar-refractivity contribution is 0.295. The molecular formula is C16H20N2O3. The molecule has 2 aromatic rings. The van der Waals surface area contributed by atoms with Gasteiger partial charge in [-0.25, -0.2) is 4.98 Å². The second kappa shape index (κ2) is 6.18. The minimum absolute atomic E-state index is 0.0428. The van der Waals surface area contributed by atoms with Crippen molar-refractivity contribution in [3.63, 3.8) is 0 Å². The maximum Gasteiger partial charge on any atom is 0.211 e. The number of hydrogen-bond acceptors (Lipinski definition) is 5. The molecule has 1 atom stereocenters. The predicted molar refractivity (Wildman–Crippen MR) is 78.5 cm³/mol. The van der Waals surface area contributed by atoms with Crippen molar-refractivity contribution in [2.24, 2.45) is 0 Å². The van der Waals surface area contributed by atoms with Crippen LogP contribution in [0.25, 0.3) is 0 Å². The first kappa shape index (κ1) is 13.9. The minimum Gasteiger partial charge on any atom is -0.490 e. The van der Waals surface area contributed by atoms with Crippen LogP contribution in [0.4, 0.5) is 0 Å². The van der Waals surface area contributed by atoms with E-state index in [-0.39, 0.29) is 6.04 Å². The maximum absolute atomic E-state index is 5.82. The summed E-state index contributed by atoms with van der Waals surface area (Å²) in [7, 11) is 0. The molecule has 1 aliphatic rings. The molecule has 0 bridgehead atoms. The lowest BCUT2D eigenvalue weighted by atomic mass is 10.1. The van der Waals surface area contributed by atoms with Crippen molar-refractivity contribution >= 4 is 0 Å². The molecule has 0 aliphatic carbocycles. The Balaban J connectivity index is 1.70. The molecule has 1 aromatic heterocycles. The van der Waals surface area contributed by atoms with Gasteiger partial charge in [-0.15, -0.1) is 0 Å². The molecule has 3 rings (SSSR count). The Kier molecular flexibility index (Phi) is 4.10. The summed E-state index contributed by atoms with van der Waals surface area (Å²) >= 11 is 0. The fourth-order valence-electron chi connectivity index (χ4n) is 2.32. The standard InChI is InChI=1S/C16H20N2O3/c1-11-9-18-16(21-11)12(2)17-10-13-5-3-6-14-15(13)20-8-4-7-19-14/h3,5-6,9,12,17H,4,7-8,10H2,1-2H3. The molecule has 0 radical (unpaired) electrons. The zero-order valence-electron chi connectivity index (χ0n) is 12.4. The van der Waals surface area contributed by atoms with Gasteiger partial charge in [-0.3, -0.25) is 0 Å². The van der Waals surface area contributed by atoms with Gasteiger partial charge in [0, 0.05) is 18.5 Å². The van der Waals surface area contributed by atoms with Crippen molar-refractivity contribution in [3.05, 3.63) is 41.6 Å². The number of nitrogens with one attached hydrogen (secondary N) is 1. The molecule has 0 saturated heterocycles. The molecular weight excluding hydrogens is 268 g/mol. The molecule has 0 saturated carbocycles. The van der Waals surface area contributed by atoms with Gasteiger partial charge in [0.05, 0.1) is 25.5 Å². The molecule has 2 heterocycles. The number of fused-ring (bicyclic) bond motifs is 1. The third kappa shape index (κ3) is 3.19. The van der Waals surface area contributed by atoms with E-state index in [4.69, 9.17) is 13.9 Å². The number of aryl methyl sites for hydroxylation is 1. The monoisotopic (exact) mass is 288 g/mol. The van der Waals surface area contributed by atoms with E-state index in [9.17, 15) is 0 Å². The molecule has 1 aliphatic heterocycles. The van der Waals surface area contributed by atoms with Gasteiger partial charge in [-0.2, -0.15) is 0 Å². The van der Waals surface area contributed by atoms with Gasteiger partial charge in [0.1, 0.15) is 5.76 Å². The van der Waals surface area contributed by atoms with Crippen LogP contribution >= 0.6 is 0 Å². The van der Waals surface area contributed by atoms with Gasteiger partial charge >= 0.3 is 0 Å². The van der Waals surface area contributed by atoms with Crippen molar-refractivity contribution in [3.8, 4) is 11.5 Å². The van der Waals surface area contributed by atoms with E-state index in [0.29, 0.717) is 25.6 Å². The second-order valence-corrected chi connectivity index (χ2v) is 5.21. The highest BCUT2D eigenvalue weighted by Gasteiger charge is 2.16. The number of hydrogen-bond donors (Lipinski definition) is 1. The van der Waals surface area contributed by atoms with E-state index in [1.165, 1.54) is 0 Å². The SMILES string of the molecule is Cc1cnc(C(C)NCc2cccc3c2OCCCO3)o1. The van der Waals surface area contributed by atoms with E-state index in [2.05, 4.69) is 10.3 Å². The lowest BCUT2D eigenvalue weighted by Crippen LogP contribution is -2.19. The van der Waals surface area contributed by atoms with Crippen molar-refractivity contribution in [1.29, 1.82) is 0 Å². The Morgan fingerprint density at radius 2 is 2.14 bits per heavy atom. The normalized spacial score (nSPS) is 15.5. The summed E-state index contributed by atoms with van der Waals surface area (Å²) in [5.74, 6) is 3.19. The van der Waals surface area contributed by atoms with Gasteiger partial charge in [0.25, 0.3) is 0 Å². The Morgan fingerprint density at radius 3 is 2.95 bits per heavy atom. The Hall–Kier alpha value is -2.01. The van der Waals surface area contributed by atoms with Crippen molar-refractivity contribution in [2.75, 3.05) is 13.2 Å². The molecule has 1 aromatic carbocycles. The molecule has 0 spiro atoms. The van der Waals surface area contributed by atoms with Gasteiger partial charge < -0.3 is 19.2 Å². The highest BCUT2D eigenvalue weighted by Crippen LogP contribution is 2.33. The Morgan fingerprint density at radius 1 is 1.29 bits per heavy atom. The fourth-order valence-corrected chi connectivity index (χ4v) is 2.32. The number of nitrogens with zero attached hydrogens (tertiary/aromatic N) is 1. The van der Waals surface area contributed by atoms with E-state index in [0.717, 1.165) is 29.2 Å². The summed E-state index contributed by atoms with van der Waals surface area (Å²) in [6.07, 6.45) is 2.65. The van der Waals surface area contributed by atoms with Crippen LogP contribution in [0, 0.1) is 6.92 Å². The van der Waals surface area contributed by atoms with Crippen LogP contribution in [0.1, 0.15) is 36.6 Å². The molecule has 112 valence electrons. The smallest absolute Gasteiger partial charge is 0.211 e. The highest BCUT2D eigenvalue weighted by molar-refractivity contribution is 5.47. The number of benzene rings is 1. The molecule has 21 heavy (non-hydrogen) atoms. The van der Waals surface area contributed by atoms with Gasteiger partial charge in [0.2, 0.25) is 5.89 Å². The van der Waals surface area contributed by atoms with Crippen molar-refractivity contribution < 1.29 is 13.9 Å². The van der Waals surface area contributed by atoms with Crippen LogP contribution in [0.15, 0.2) is 28.8 Å². The highest BCUT2D eigenvalue weighted by atomic mass is 16.5. The minimum atomic E-state index is 0.0428. The zero-order valence-corrected chi connectivity index (χ0v) is 12.4. The first-order chi connectivity index (χ1) is 10.2. The number of para-hydroxylation sites is 1. The van der Waals surface area contributed by atoms with E-state index in [1.54, 1.807) is 6.20 Å². The predicted octanol–water partition coefficient (Wildman–Crippen LogP) is 3.00. The van der Waals surface area contributed by atoms with E-state index < -0.39 is 0 Å². The van der Waals surface area contributed by atoms with Crippen LogP contribution in [0.3, 0.4) is 0 Å². The van der Waals surface area contributed by atoms with Crippen LogP contribution in [0.5, 0.6) is 11.5 Å². The maximum atomic E-state index is 5.82. The zero-order chi connectivity index (χ0) is 14.7. The Labute approximate surface area is 124 Å². The number of rotatable bonds is 4. The summed E-state index contributed by atoms with van der Waals surface area (Å²) in [6, 6.07) is 6.03. The molecule has 5 heteroatoms. The summed E-state index contributed by atoms with van der Waals surface area (Å²) in [6.45, 7) is 6.00. The lowest BCUT2D eigenvalue weighted by Gasteiger charge is -2.15. The van der Waals surface area contributed by atoms with E-state index in [1.807, 2.05) is 32.0 Å². The average Bonchev–Trinajstić information content (AvgIpc) is 2.78. The van der Waals surface area contributed by atoms with E-state index >= 15 is 0 Å². The van der Waals surface area contributed by atoms with Crippen molar-refractivity contribution in [1.82, 2.24) is 10.3 Å². The topological polar surface area (TPSA) is 56.5 Å². The van der Waals surface area contributed by atoms with Crippen LogP contribution in [0.2, 0.25) is 0 Å². The molecule has 0 fully saturated rings. The van der Waals surface area contributed by atoms with Crippen LogP contribution in [-0.2, 0) is 6.54 Å². The summed E-state index contributed by atoms with van der Waals surface area (Å²) in [4.78, 5) is 4.25. The summed E-state index contributed by atoms with van der Waals surface area (Å²) < 4.78 is 17.1. The molecule has 5 nitrogen and oxygen atoms in total. The fraction of sp³-hybridized carbons (Fsp3) is 0.438. The first-order valence-electron chi connectivity index (χ1n) is 7.27. The third-order valence-electron chi connectivity index (χ3n) is 3.46. The first-order valence-corrected chi connectivity index (χ1v) is 7.27. The second-order valence-electron chi connectivity index (χ2n) is 5.21. The van der Waals surface area contributed by atoms with Gasteiger partial charge in [-0.05, 0) is 19.9 Å². The van der Waals surface area contributed by atoms with Crippen LogP contribution in [-0.4, -0.2) is 18.2 Å². The molecule has 1 N–H and O–H groups in total.